The minimum Gasteiger partial charge on any atom is -0.324 e. The highest BCUT2D eigenvalue weighted by molar-refractivity contribution is 6.36. The van der Waals surface area contributed by atoms with E-state index in [4.69, 9.17) is 11.6 Å². The molecule has 1 aliphatic heterocycles. The molecule has 4 heteroatoms. The summed E-state index contributed by atoms with van der Waals surface area (Å²) in [7, 11) is 0. The van der Waals surface area contributed by atoms with Crippen molar-refractivity contribution in [1.82, 2.24) is 0 Å². The van der Waals surface area contributed by atoms with Gasteiger partial charge >= 0.3 is 0 Å². The van der Waals surface area contributed by atoms with E-state index in [0.29, 0.717) is 5.02 Å². The number of para-hydroxylation sites is 1. The maximum absolute atomic E-state index is 11.7. The average Bonchev–Trinajstić information content (AvgIpc) is 2.58. The summed E-state index contributed by atoms with van der Waals surface area (Å²) in [5, 5.41) is 3.47. The monoisotopic (exact) mass is 270 g/mol. The van der Waals surface area contributed by atoms with Crippen molar-refractivity contribution in [3.63, 3.8) is 0 Å². The van der Waals surface area contributed by atoms with Gasteiger partial charge in [-0.25, -0.2) is 0 Å². The number of amides is 1. The molecule has 19 heavy (non-hydrogen) atoms. The third-order valence-corrected chi connectivity index (χ3v) is 3.30. The van der Waals surface area contributed by atoms with Crippen LogP contribution in [-0.4, -0.2) is 18.2 Å². The molecule has 1 heterocycles. The lowest BCUT2D eigenvalue weighted by Crippen LogP contribution is -2.13. The van der Waals surface area contributed by atoms with Crippen molar-refractivity contribution in [2.45, 2.75) is 0 Å². The number of fused-ring (bicyclic) bond motifs is 1. The molecule has 3 nitrogen and oxygen atoms in total. The van der Waals surface area contributed by atoms with E-state index >= 15 is 0 Å². The Balaban J connectivity index is 2.21. The number of rotatable bonds is 1. The van der Waals surface area contributed by atoms with Crippen molar-refractivity contribution in [3.05, 3.63) is 64.7 Å². The van der Waals surface area contributed by atoms with Crippen molar-refractivity contribution in [2.24, 2.45) is 4.99 Å². The minimum absolute atomic E-state index is 0.106. The van der Waals surface area contributed by atoms with E-state index < -0.39 is 0 Å². The first-order valence-electron chi connectivity index (χ1n) is 5.94. The molecule has 0 fully saturated rings. The number of hydrogen-bond donors (Lipinski definition) is 1. The number of nitrogens with one attached hydrogen (secondary N) is 1. The average molecular weight is 271 g/mol. The third-order valence-electron chi connectivity index (χ3n) is 2.97. The second kappa shape index (κ2) is 4.86. The highest BCUT2D eigenvalue weighted by atomic mass is 35.5. The zero-order valence-electron chi connectivity index (χ0n) is 10.1. The first kappa shape index (κ1) is 11.9. The Morgan fingerprint density at radius 3 is 2.47 bits per heavy atom. The number of halogens is 1. The Morgan fingerprint density at radius 1 is 1.00 bits per heavy atom. The number of benzene rings is 2. The second-order valence-electron chi connectivity index (χ2n) is 4.24. The zero-order valence-corrected chi connectivity index (χ0v) is 10.8. The Hall–Kier alpha value is -2.13. The van der Waals surface area contributed by atoms with Crippen LogP contribution < -0.4 is 5.32 Å². The molecule has 94 valence electrons. The van der Waals surface area contributed by atoms with Gasteiger partial charge in [-0.05, 0) is 12.1 Å². The lowest BCUT2D eigenvalue weighted by Gasteiger charge is -2.10. The smallest absolute Gasteiger partial charge is 0.246 e. The SMILES string of the molecule is O=C1CN=C(c2ccccc2Cl)c2ccccc2N1. The molecule has 0 spiro atoms. The Morgan fingerprint density at radius 2 is 1.68 bits per heavy atom. The summed E-state index contributed by atoms with van der Waals surface area (Å²) < 4.78 is 0. The van der Waals surface area contributed by atoms with Gasteiger partial charge in [-0.2, -0.15) is 0 Å². The molecule has 0 unspecified atom stereocenters. The number of carbonyl (C=O) groups excluding carboxylic acids is 1. The molecule has 0 atom stereocenters. The lowest BCUT2D eigenvalue weighted by molar-refractivity contribution is -0.114. The van der Waals surface area contributed by atoms with Crippen LogP contribution >= 0.6 is 11.6 Å². The van der Waals surface area contributed by atoms with Gasteiger partial charge in [0, 0.05) is 16.1 Å². The van der Waals surface area contributed by atoms with Crippen LogP contribution in [0.25, 0.3) is 0 Å². The third kappa shape index (κ3) is 2.25. The van der Waals surface area contributed by atoms with Crippen molar-refractivity contribution in [1.29, 1.82) is 0 Å². The van der Waals surface area contributed by atoms with Crippen LogP contribution in [0, 0.1) is 0 Å². The van der Waals surface area contributed by atoms with Gasteiger partial charge in [-0.15, -0.1) is 0 Å². The predicted molar refractivity (Wildman–Crippen MR) is 77.0 cm³/mol. The Labute approximate surface area is 115 Å². The van der Waals surface area contributed by atoms with E-state index in [0.717, 1.165) is 22.5 Å². The topological polar surface area (TPSA) is 41.5 Å². The van der Waals surface area contributed by atoms with Gasteiger partial charge in [0.1, 0.15) is 6.54 Å². The summed E-state index contributed by atoms with van der Waals surface area (Å²) in [5.41, 5.74) is 3.25. The number of aliphatic imine (C=N–C) groups is 1. The van der Waals surface area contributed by atoms with Crippen molar-refractivity contribution in [3.8, 4) is 0 Å². The molecule has 2 aromatic carbocycles. The Bertz CT molecular complexity index is 679. The highest BCUT2D eigenvalue weighted by Crippen LogP contribution is 2.25. The number of carbonyl (C=O) groups is 1. The van der Waals surface area contributed by atoms with E-state index in [-0.39, 0.29) is 12.5 Å². The van der Waals surface area contributed by atoms with Crippen LogP contribution in [0.15, 0.2) is 53.5 Å². The normalized spacial score (nSPS) is 14.2. The number of nitrogens with zero attached hydrogens (tertiary/aromatic N) is 1. The van der Waals surface area contributed by atoms with Crippen LogP contribution in [0.3, 0.4) is 0 Å². The van der Waals surface area contributed by atoms with Gasteiger partial charge in [-0.1, -0.05) is 48.0 Å². The van der Waals surface area contributed by atoms with Crippen LogP contribution in [0.2, 0.25) is 5.02 Å². The van der Waals surface area contributed by atoms with Gasteiger partial charge in [0.05, 0.1) is 11.4 Å². The summed E-state index contributed by atoms with van der Waals surface area (Å²) in [6.45, 7) is 0.106. The molecule has 1 N–H and O–H groups in total. The number of hydrogen-bond acceptors (Lipinski definition) is 2. The summed E-state index contributed by atoms with van der Waals surface area (Å²) in [5.74, 6) is -0.116. The zero-order chi connectivity index (χ0) is 13.2. The van der Waals surface area contributed by atoms with E-state index in [1.54, 1.807) is 0 Å². The fraction of sp³-hybridized carbons (Fsp3) is 0.0667. The lowest BCUT2D eigenvalue weighted by atomic mass is 10.0. The van der Waals surface area contributed by atoms with Crippen molar-refractivity contribution >= 4 is 28.9 Å². The summed E-state index contributed by atoms with van der Waals surface area (Å²) in [4.78, 5) is 16.1. The molecule has 2 aromatic rings. The standard InChI is InChI=1S/C15H11ClN2O/c16-12-7-3-1-5-10(12)15-11-6-2-4-8-13(11)18-14(19)9-17-15/h1-8H,9H2,(H,18,19). The van der Waals surface area contributed by atoms with Crippen LogP contribution in [-0.2, 0) is 4.79 Å². The molecule has 0 aromatic heterocycles. The van der Waals surface area contributed by atoms with Crippen molar-refractivity contribution < 1.29 is 4.79 Å². The van der Waals surface area contributed by atoms with E-state index in [1.165, 1.54) is 0 Å². The van der Waals surface area contributed by atoms with Gasteiger partial charge < -0.3 is 5.32 Å². The summed E-state index contributed by atoms with van der Waals surface area (Å²) in [6.07, 6.45) is 0. The first-order chi connectivity index (χ1) is 9.25. The van der Waals surface area contributed by atoms with Gasteiger partial charge in [0.2, 0.25) is 5.91 Å². The molecular weight excluding hydrogens is 260 g/mol. The van der Waals surface area contributed by atoms with Crippen molar-refractivity contribution in [2.75, 3.05) is 11.9 Å². The molecule has 3 rings (SSSR count). The number of anilines is 1. The Kier molecular flexibility index (Phi) is 3.05. The molecule has 0 bridgehead atoms. The van der Waals surface area contributed by atoms with Crippen LogP contribution in [0.4, 0.5) is 5.69 Å². The maximum atomic E-state index is 11.7. The minimum atomic E-state index is -0.116. The number of benzodiazepines with no additional fused rings is 1. The predicted octanol–water partition coefficient (Wildman–Crippen LogP) is 3.13. The van der Waals surface area contributed by atoms with Crippen LogP contribution in [0.5, 0.6) is 0 Å². The highest BCUT2D eigenvalue weighted by Gasteiger charge is 2.18. The quantitative estimate of drug-likeness (QED) is 0.850. The summed E-state index contributed by atoms with van der Waals surface area (Å²) in [6, 6.07) is 15.1. The fourth-order valence-corrected chi connectivity index (χ4v) is 2.33. The van der Waals surface area contributed by atoms with E-state index in [9.17, 15) is 4.79 Å². The van der Waals surface area contributed by atoms with E-state index in [1.807, 2.05) is 48.5 Å². The van der Waals surface area contributed by atoms with Gasteiger partial charge in [-0.3, -0.25) is 9.79 Å². The van der Waals surface area contributed by atoms with Gasteiger partial charge in [0.15, 0.2) is 0 Å². The van der Waals surface area contributed by atoms with E-state index in [2.05, 4.69) is 10.3 Å². The van der Waals surface area contributed by atoms with Gasteiger partial charge in [0.25, 0.3) is 0 Å². The summed E-state index contributed by atoms with van der Waals surface area (Å²) >= 11 is 6.23. The molecule has 1 amide bonds. The molecule has 0 saturated heterocycles. The molecule has 0 aliphatic carbocycles. The first-order valence-corrected chi connectivity index (χ1v) is 6.32. The molecular formula is C15H11ClN2O. The molecule has 0 radical (unpaired) electrons. The maximum Gasteiger partial charge on any atom is 0.246 e. The van der Waals surface area contributed by atoms with Crippen LogP contribution in [0.1, 0.15) is 11.1 Å². The fourth-order valence-electron chi connectivity index (χ4n) is 2.11. The second-order valence-corrected chi connectivity index (χ2v) is 4.65. The molecule has 0 saturated carbocycles. The largest absolute Gasteiger partial charge is 0.324 e. The molecule has 1 aliphatic rings.